The first-order valence-corrected chi connectivity index (χ1v) is 13.5. The van der Waals surface area contributed by atoms with Crippen molar-refractivity contribution in [2.75, 3.05) is 33.2 Å². The number of hydrogen-bond donors (Lipinski definition) is 2. The molecule has 2 unspecified atom stereocenters. The largest absolute Gasteiger partial charge is 0.345 e. The van der Waals surface area contributed by atoms with Crippen molar-refractivity contribution >= 4 is 24.3 Å². The highest BCUT2D eigenvalue weighted by molar-refractivity contribution is 5.95. The fourth-order valence-electron chi connectivity index (χ4n) is 5.14. The number of carbonyl (C=O) groups excluding carboxylic acids is 1. The zero-order chi connectivity index (χ0) is 26.5. The minimum atomic E-state index is -0.170. The summed E-state index contributed by atoms with van der Waals surface area (Å²) in [5.74, 6) is 6.90. The maximum absolute atomic E-state index is 13.0. The highest BCUT2D eigenvalue weighted by Gasteiger charge is 2.25. The Morgan fingerprint density at radius 2 is 1.92 bits per heavy atom. The molecular formula is C29H38N8O. The third kappa shape index (κ3) is 6.35. The average molecular weight is 515 g/mol. The standard InChI is InChI=1S/C29H38N8O/c1-21-5-10-25(18-27(21)37(30)29-32-13-11-26(34-29)24-4-3-12-31-19-24)33-28(38)23-8-6-22(7-9-23)20-36-16-14-35(2)15-17-36/h5-9,12-13,18-19,25-26H,3-4,10-11,14-17,20,30H2,1-2H3,(H,33,38). The normalized spacial score (nSPS) is 24.3. The van der Waals surface area contributed by atoms with Gasteiger partial charge in [0.05, 0.1) is 17.8 Å². The van der Waals surface area contributed by atoms with E-state index in [1.165, 1.54) is 16.1 Å². The van der Waals surface area contributed by atoms with Gasteiger partial charge in [-0.15, -0.1) is 0 Å². The lowest BCUT2D eigenvalue weighted by molar-refractivity contribution is 0.0944. The van der Waals surface area contributed by atoms with Gasteiger partial charge < -0.3 is 10.2 Å². The van der Waals surface area contributed by atoms with Crippen LogP contribution >= 0.6 is 0 Å². The molecule has 0 spiro atoms. The summed E-state index contributed by atoms with van der Waals surface area (Å²) in [4.78, 5) is 31.4. The Morgan fingerprint density at radius 1 is 1.13 bits per heavy atom. The number of carbonyl (C=O) groups is 1. The summed E-state index contributed by atoms with van der Waals surface area (Å²) >= 11 is 0. The molecule has 1 saturated heterocycles. The van der Waals surface area contributed by atoms with Crippen LogP contribution in [-0.4, -0.2) is 84.4 Å². The van der Waals surface area contributed by atoms with Crippen LogP contribution in [-0.2, 0) is 6.54 Å². The Hall–Kier alpha value is -3.40. The SMILES string of the molecule is CC1=CCC(NC(=O)c2ccc(CN3CCN(C)CC3)cc2)C=C1N(N)C1=NC(C2=CN=CCC2)CC=N1. The first kappa shape index (κ1) is 26.2. The number of hydrogen-bond acceptors (Lipinski definition) is 8. The number of amides is 1. The quantitative estimate of drug-likeness (QED) is 0.449. The molecule has 3 N–H and O–H groups in total. The van der Waals surface area contributed by atoms with Gasteiger partial charge in [0.2, 0.25) is 5.96 Å². The van der Waals surface area contributed by atoms with Crippen LogP contribution in [0.2, 0.25) is 0 Å². The van der Waals surface area contributed by atoms with Crippen LogP contribution < -0.4 is 11.2 Å². The highest BCUT2D eigenvalue weighted by Crippen LogP contribution is 2.25. The van der Waals surface area contributed by atoms with Gasteiger partial charge >= 0.3 is 0 Å². The van der Waals surface area contributed by atoms with Crippen molar-refractivity contribution in [3.8, 4) is 0 Å². The molecule has 5 rings (SSSR count). The molecule has 9 nitrogen and oxygen atoms in total. The van der Waals surface area contributed by atoms with Crippen LogP contribution in [0.4, 0.5) is 0 Å². The first-order chi connectivity index (χ1) is 18.5. The summed E-state index contributed by atoms with van der Waals surface area (Å²) in [7, 11) is 2.16. The lowest BCUT2D eigenvalue weighted by Crippen LogP contribution is -2.43. The van der Waals surface area contributed by atoms with Crippen molar-refractivity contribution in [3.05, 3.63) is 70.6 Å². The summed E-state index contributed by atoms with van der Waals surface area (Å²) < 4.78 is 0. The summed E-state index contributed by atoms with van der Waals surface area (Å²) in [5.41, 5.74) is 4.93. The van der Waals surface area contributed by atoms with Crippen LogP contribution in [0.5, 0.6) is 0 Å². The zero-order valence-electron chi connectivity index (χ0n) is 22.4. The Labute approximate surface area is 225 Å². The number of allylic oxidation sites excluding steroid dienone is 1. The summed E-state index contributed by atoms with van der Waals surface area (Å²) in [6.45, 7) is 7.28. The number of nitrogens with zero attached hydrogens (tertiary/aromatic N) is 6. The number of hydrazine groups is 1. The van der Waals surface area contributed by atoms with Gasteiger partial charge in [-0.25, -0.2) is 20.8 Å². The van der Waals surface area contributed by atoms with E-state index in [9.17, 15) is 4.79 Å². The summed E-state index contributed by atoms with van der Waals surface area (Å²) in [5, 5.41) is 4.68. The molecule has 0 saturated carbocycles. The molecule has 0 radical (unpaired) electrons. The third-order valence-corrected chi connectivity index (χ3v) is 7.59. The second-order valence-corrected chi connectivity index (χ2v) is 10.5. The molecule has 1 amide bonds. The van der Waals surface area contributed by atoms with E-state index in [0.29, 0.717) is 17.9 Å². The van der Waals surface area contributed by atoms with Crippen molar-refractivity contribution in [1.29, 1.82) is 0 Å². The number of nitrogens with one attached hydrogen (secondary N) is 1. The highest BCUT2D eigenvalue weighted by atomic mass is 16.1. The van der Waals surface area contributed by atoms with Gasteiger partial charge in [0.15, 0.2) is 0 Å². The molecular weight excluding hydrogens is 476 g/mol. The Morgan fingerprint density at radius 3 is 2.66 bits per heavy atom. The van der Waals surface area contributed by atoms with Crippen molar-refractivity contribution in [3.63, 3.8) is 0 Å². The van der Waals surface area contributed by atoms with E-state index in [1.54, 1.807) is 0 Å². The Balaban J connectivity index is 1.21. The molecule has 1 fully saturated rings. The van der Waals surface area contributed by atoms with E-state index in [-0.39, 0.29) is 18.0 Å². The second kappa shape index (κ2) is 12.0. The molecule has 3 aliphatic heterocycles. The molecule has 4 aliphatic rings. The Bertz CT molecular complexity index is 1200. The lowest BCUT2D eigenvalue weighted by Gasteiger charge is -2.32. The van der Waals surface area contributed by atoms with E-state index in [1.807, 2.05) is 43.8 Å². The van der Waals surface area contributed by atoms with Crippen molar-refractivity contribution in [2.45, 2.75) is 51.2 Å². The minimum Gasteiger partial charge on any atom is -0.345 e. The number of likely N-dealkylation sites (N-methyl/N-ethyl adjacent to an activating group) is 1. The van der Waals surface area contributed by atoms with E-state index < -0.39 is 0 Å². The topological polar surface area (TPSA) is 102 Å². The smallest absolute Gasteiger partial charge is 0.251 e. The predicted octanol–water partition coefficient (Wildman–Crippen LogP) is 2.89. The molecule has 1 aromatic rings. The number of piperazine rings is 1. The van der Waals surface area contributed by atoms with Crippen molar-refractivity contribution < 1.29 is 4.79 Å². The summed E-state index contributed by atoms with van der Waals surface area (Å²) in [6, 6.07) is 7.79. The summed E-state index contributed by atoms with van der Waals surface area (Å²) in [6.07, 6.45) is 13.2. The fourth-order valence-corrected chi connectivity index (χ4v) is 5.14. The van der Waals surface area contributed by atoms with Gasteiger partial charge in [0.25, 0.3) is 5.91 Å². The third-order valence-electron chi connectivity index (χ3n) is 7.59. The van der Waals surface area contributed by atoms with E-state index in [0.717, 1.165) is 63.3 Å². The molecule has 1 aromatic carbocycles. The van der Waals surface area contributed by atoms with Crippen molar-refractivity contribution in [2.24, 2.45) is 20.8 Å². The van der Waals surface area contributed by atoms with E-state index in [4.69, 9.17) is 10.8 Å². The zero-order valence-corrected chi connectivity index (χ0v) is 22.4. The fraction of sp³-hybridized carbons (Fsp3) is 0.448. The van der Waals surface area contributed by atoms with Gasteiger partial charge in [0.1, 0.15) is 0 Å². The number of aliphatic imine (C=N–C) groups is 3. The van der Waals surface area contributed by atoms with Crippen LogP contribution in [0.1, 0.15) is 48.5 Å². The number of guanidine groups is 1. The van der Waals surface area contributed by atoms with Crippen LogP contribution in [0.15, 0.2) is 74.4 Å². The van der Waals surface area contributed by atoms with Gasteiger partial charge in [-0.3, -0.25) is 14.7 Å². The Kier molecular flexibility index (Phi) is 8.26. The predicted molar refractivity (Wildman–Crippen MR) is 153 cm³/mol. The maximum atomic E-state index is 13.0. The van der Waals surface area contributed by atoms with Gasteiger partial charge in [0, 0.05) is 63.3 Å². The number of rotatable bonds is 6. The molecule has 0 bridgehead atoms. The van der Waals surface area contributed by atoms with Crippen molar-refractivity contribution in [1.82, 2.24) is 20.1 Å². The molecule has 2 atom stereocenters. The van der Waals surface area contributed by atoms with E-state index >= 15 is 0 Å². The van der Waals surface area contributed by atoms with E-state index in [2.05, 4.69) is 50.4 Å². The maximum Gasteiger partial charge on any atom is 0.251 e. The van der Waals surface area contributed by atoms with Crippen LogP contribution in [0.25, 0.3) is 0 Å². The number of benzene rings is 1. The molecule has 0 aromatic heterocycles. The first-order valence-electron chi connectivity index (χ1n) is 13.5. The number of nitrogens with two attached hydrogens (primary N) is 1. The minimum absolute atomic E-state index is 0.00852. The monoisotopic (exact) mass is 514 g/mol. The van der Waals surface area contributed by atoms with Crippen LogP contribution in [0, 0.1) is 0 Å². The molecule has 3 heterocycles. The molecule has 38 heavy (non-hydrogen) atoms. The molecule has 9 heteroatoms. The van der Waals surface area contributed by atoms with Crippen LogP contribution in [0.3, 0.4) is 0 Å². The second-order valence-electron chi connectivity index (χ2n) is 10.5. The van der Waals surface area contributed by atoms with Gasteiger partial charge in [-0.05, 0) is 68.2 Å². The van der Waals surface area contributed by atoms with Gasteiger partial charge in [-0.2, -0.15) is 0 Å². The van der Waals surface area contributed by atoms with Gasteiger partial charge in [-0.1, -0.05) is 18.2 Å². The molecule has 200 valence electrons. The average Bonchev–Trinajstić information content (AvgIpc) is 2.96. The lowest BCUT2D eigenvalue weighted by atomic mass is 9.99. The molecule has 1 aliphatic carbocycles.